The molecule has 0 aromatic carbocycles. The van der Waals surface area contributed by atoms with Crippen molar-refractivity contribution in [3.05, 3.63) is 53.9 Å². The van der Waals surface area contributed by atoms with Gasteiger partial charge in [0.25, 0.3) is 0 Å². The number of allylic oxidation sites excluding steroid dienone is 1. The van der Waals surface area contributed by atoms with Crippen LogP contribution in [0.4, 0.5) is 20.7 Å². The number of ether oxygens (including phenoxy) is 1. The predicted octanol–water partition coefficient (Wildman–Crippen LogP) is 3.78. The van der Waals surface area contributed by atoms with Crippen molar-refractivity contribution in [2.24, 2.45) is 16.5 Å². The fourth-order valence-electron chi connectivity index (χ4n) is 3.75. The average molecular weight is 486 g/mol. The summed E-state index contributed by atoms with van der Waals surface area (Å²) in [7, 11) is 0. The molecule has 2 aliphatic heterocycles. The second-order valence-electron chi connectivity index (χ2n) is 9.79. The van der Waals surface area contributed by atoms with E-state index in [1.165, 1.54) is 6.08 Å². The maximum absolute atomic E-state index is 14.4. The summed E-state index contributed by atoms with van der Waals surface area (Å²) in [4.78, 5) is 26.8. The lowest BCUT2D eigenvalue weighted by atomic mass is 10.1. The largest absolute Gasteiger partial charge is 0.444 e. The first-order valence-corrected chi connectivity index (χ1v) is 11.8. The van der Waals surface area contributed by atoms with Gasteiger partial charge in [0, 0.05) is 49.8 Å². The van der Waals surface area contributed by atoms with E-state index in [9.17, 15) is 9.18 Å². The van der Waals surface area contributed by atoms with Crippen molar-refractivity contribution in [1.82, 2.24) is 14.8 Å². The SMILES string of the molecule is C/C(N)=C/N1C=C(C(N)=Nc2ccc(N3CCCN(C(=O)OC(C)(C)C)CC3)cn2)C=C(F)C1C. The van der Waals surface area contributed by atoms with E-state index in [0.717, 1.165) is 18.7 Å². The van der Waals surface area contributed by atoms with E-state index in [0.29, 0.717) is 36.7 Å². The molecule has 0 bridgehead atoms. The Kier molecular flexibility index (Phi) is 8.03. The minimum Gasteiger partial charge on any atom is -0.444 e. The van der Waals surface area contributed by atoms with Crippen molar-refractivity contribution in [2.75, 3.05) is 31.1 Å². The molecule has 1 aromatic rings. The van der Waals surface area contributed by atoms with Crippen LogP contribution in [-0.4, -0.2) is 64.5 Å². The van der Waals surface area contributed by atoms with Crippen LogP contribution in [0.3, 0.4) is 0 Å². The summed E-state index contributed by atoms with van der Waals surface area (Å²) in [5.41, 5.74) is 13.3. The first-order chi connectivity index (χ1) is 16.4. The van der Waals surface area contributed by atoms with Gasteiger partial charge in [-0.1, -0.05) is 0 Å². The van der Waals surface area contributed by atoms with E-state index < -0.39 is 11.6 Å². The van der Waals surface area contributed by atoms with Gasteiger partial charge < -0.3 is 30.9 Å². The lowest BCUT2D eigenvalue weighted by Gasteiger charge is -2.28. The number of carbonyl (C=O) groups is 1. The summed E-state index contributed by atoms with van der Waals surface area (Å²) in [6.45, 7) is 11.7. The van der Waals surface area contributed by atoms with Crippen molar-refractivity contribution >= 4 is 23.4 Å². The summed E-state index contributed by atoms with van der Waals surface area (Å²) in [6, 6.07) is 3.22. The molecular weight excluding hydrogens is 449 g/mol. The standard InChI is InChI=1S/C25H36FN7O2/c1-17(27)15-33-16-19(13-21(26)18(33)2)23(28)30-22-8-7-20(14-29-22)31-9-6-10-32(12-11-31)24(34)35-25(3,4)5/h7-8,13-16,18H,6,9-12,27H2,1-5H3,(H2,28,29,30)/b17-15-. The van der Waals surface area contributed by atoms with E-state index in [-0.39, 0.29) is 17.8 Å². The van der Waals surface area contributed by atoms with Crippen LogP contribution in [-0.2, 0) is 4.74 Å². The van der Waals surface area contributed by atoms with E-state index >= 15 is 0 Å². The molecule has 10 heteroatoms. The number of nitrogens with zero attached hydrogens (tertiary/aromatic N) is 5. The monoisotopic (exact) mass is 485 g/mol. The van der Waals surface area contributed by atoms with Gasteiger partial charge in [-0.15, -0.1) is 0 Å². The third-order valence-electron chi connectivity index (χ3n) is 5.56. The molecule has 1 unspecified atom stereocenters. The Labute approximate surface area is 206 Å². The van der Waals surface area contributed by atoms with Crippen molar-refractivity contribution in [1.29, 1.82) is 0 Å². The Morgan fingerprint density at radius 2 is 1.97 bits per heavy atom. The summed E-state index contributed by atoms with van der Waals surface area (Å²) in [6.07, 6.45) is 7.01. The molecule has 0 aliphatic carbocycles. The highest BCUT2D eigenvalue weighted by atomic mass is 19.1. The molecule has 4 N–H and O–H groups in total. The van der Waals surface area contributed by atoms with Gasteiger partial charge in [-0.05, 0) is 59.2 Å². The molecule has 0 spiro atoms. The van der Waals surface area contributed by atoms with Crippen molar-refractivity contribution in [3.63, 3.8) is 0 Å². The van der Waals surface area contributed by atoms with E-state index in [4.69, 9.17) is 16.2 Å². The van der Waals surface area contributed by atoms with E-state index in [1.807, 2.05) is 26.8 Å². The van der Waals surface area contributed by atoms with Gasteiger partial charge >= 0.3 is 6.09 Å². The van der Waals surface area contributed by atoms with Gasteiger partial charge in [0.15, 0.2) is 5.82 Å². The van der Waals surface area contributed by atoms with Gasteiger partial charge in [0.1, 0.15) is 17.3 Å². The molecule has 3 rings (SSSR count). The zero-order chi connectivity index (χ0) is 25.8. The predicted molar refractivity (Wildman–Crippen MR) is 137 cm³/mol. The number of hydrogen-bond acceptors (Lipinski definition) is 7. The maximum Gasteiger partial charge on any atom is 0.410 e. The van der Waals surface area contributed by atoms with Crippen LogP contribution < -0.4 is 16.4 Å². The Balaban J connectivity index is 1.68. The van der Waals surface area contributed by atoms with Crippen molar-refractivity contribution in [2.45, 2.75) is 52.7 Å². The second-order valence-corrected chi connectivity index (χ2v) is 9.79. The average Bonchev–Trinajstić information content (AvgIpc) is 3.02. The Morgan fingerprint density at radius 1 is 1.23 bits per heavy atom. The maximum atomic E-state index is 14.4. The van der Waals surface area contributed by atoms with Crippen LogP contribution in [0.5, 0.6) is 0 Å². The molecule has 3 heterocycles. The summed E-state index contributed by atoms with van der Waals surface area (Å²) < 4.78 is 19.9. The third kappa shape index (κ3) is 7.21. The fraction of sp³-hybridized carbons (Fsp3) is 0.480. The number of amides is 1. The zero-order valence-electron chi connectivity index (χ0n) is 21.2. The first-order valence-electron chi connectivity index (χ1n) is 11.8. The van der Waals surface area contributed by atoms with Crippen LogP contribution in [0.1, 0.15) is 41.0 Å². The molecule has 1 saturated heterocycles. The van der Waals surface area contributed by atoms with E-state index in [2.05, 4.69) is 14.9 Å². The zero-order valence-corrected chi connectivity index (χ0v) is 21.2. The van der Waals surface area contributed by atoms with Crippen LogP contribution in [0, 0.1) is 0 Å². The van der Waals surface area contributed by atoms with Crippen LogP contribution in [0.15, 0.2) is 58.9 Å². The summed E-state index contributed by atoms with van der Waals surface area (Å²) >= 11 is 0. The van der Waals surface area contributed by atoms with Gasteiger partial charge in [-0.3, -0.25) is 0 Å². The number of rotatable bonds is 4. The molecule has 1 atom stereocenters. The number of pyridine rings is 1. The molecule has 0 saturated carbocycles. The van der Waals surface area contributed by atoms with Gasteiger partial charge in [-0.2, -0.15) is 0 Å². The molecule has 2 aliphatic rings. The number of hydrogen-bond donors (Lipinski definition) is 2. The number of carbonyl (C=O) groups excluding carboxylic acids is 1. The van der Waals surface area contributed by atoms with Gasteiger partial charge in [0.2, 0.25) is 0 Å². The normalized spacial score (nSPS) is 20.3. The molecule has 1 fully saturated rings. The Bertz CT molecular complexity index is 1040. The highest BCUT2D eigenvalue weighted by Gasteiger charge is 2.25. The lowest BCUT2D eigenvalue weighted by Crippen LogP contribution is -2.39. The number of amidine groups is 1. The summed E-state index contributed by atoms with van der Waals surface area (Å²) in [5, 5.41) is 0. The third-order valence-corrected chi connectivity index (χ3v) is 5.56. The van der Waals surface area contributed by atoms with Crippen LogP contribution in [0.25, 0.3) is 0 Å². The molecule has 9 nitrogen and oxygen atoms in total. The first kappa shape index (κ1) is 26.1. The molecular formula is C25H36FN7O2. The molecule has 1 amide bonds. The topological polar surface area (TPSA) is 113 Å². The number of halogens is 1. The van der Waals surface area contributed by atoms with Crippen LogP contribution in [0.2, 0.25) is 0 Å². The highest BCUT2D eigenvalue weighted by molar-refractivity contribution is 6.01. The number of aromatic nitrogens is 1. The van der Waals surface area contributed by atoms with Crippen molar-refractivity contribution < 1.29 is 13.9 Å². The number of nitrogens with two attached hydrogens (primary N) is 2. The Hall–Kier alpha value is -3.56. The number of aliphatic imine (C=N–C) groups is 1. The quantitative estimate of drug-likeness (QED) is 0.493. The van der Waals surface area contributed by atoms with Gasteiger partial charge in [0.05, 0.1) is 17.9 Å². The minimum absolute atomic E-state index is 0.156. The van der Waals surface area contributed by atoms with Crippen LogP contribution >= 0.6 is 0 Å². The lowest BCUT2D eigenvalue weighted by molar-refractivity contribution is 0.0263. The number of anilines is 1. The van der Waals surface area contributed by atoms with Crippen molar-refractivity contribution in [3.8, 4) is 0 Å². The van der Waals surface area contributed by atoms with Gasteiger partial charge in [-0.25, -0.2) is 19.2 Å². The Morgan fingerprint density at radius 3 is 2.60 bits per heavy atom. The molecule has 35 heavy (non-hydrogen) atoms. The minimum atomic E-state index is -0.517. The summed E-state index contributed by atoms with van der Waals surface area (Å²) in [5.74, 6) is 0.244. The molecule has 190 valence electrons. The second kappa shape index (κ2) is 10.8. The highest BCUT2D eigenvalue weighted by Crippen LogP contribution is 2.24. The smallest absolute Gasteiger partial charge is 0.410 e. The molecule has 0 radical (unpaired) electrons. The van der Waals surface area contributed by atoms with E-state index in [1.54, 1.807) is 48.3 Å². The fourth-order valence-corrected chi connectivity index (χ4v) is 3.75. The molecule has 1 aromatic heterocycles.